The average molecular weight is 429 g/mol. The second-order valence-electron chi connectivity index (χ2n) is 7.47. The lowest BCUT2D eigenvalue weighted by atomic mass is 9.82. The van der Waals surface area contributed by atoms with Crippen LogP contribution in [-0.4, -0.2) is 46.9 Å². The number of aliphatic hydroxyl groups excluding tert-OH is 4. The summed E-state index contributed by atoms with van der Waals surface area (Å²) < 4.78 is 8.72. The van der Waals surface area contributed by atoms with E-state index in [1.807, 2.05) is 0 Å². The van der Waals surface area contributed by atoms with Gasteiger partial charge in [-0.25, -0.2) is 0 Å². The van der Waals surface area contributed by atoms with Gasteiger partial charge in [0, 0.05) is 26.4 Å². The predicted octanol–water partition coefficient (Wildman–Crippen LogP) is 4.13. The lowest BCUT2D eigenvalue weighted by molar-refractivity contribution is 0.121. The van der Waals surface area contributed by atoms with E-state index in [1.54, 1.807) is 0 Å². The number of hydrogen-bond acceptors (Lipinski definition) is 6. The van der Waals surface area contributed by atoms with Gasteiger partial charge in [0.1, 0.15) is 0 Å². The molecule has 2 aliphatic rings. The van der Waals surface area contributed by atoms with Gasteiger partial charge in [-0.1, -0.05) is 39.2 Å². The van der Waals surface area contributed by atoms with Crippen LogP contribution in [0.25, 0.3) is 0 Å². The Labute approximate surface area is 183 Å². The molecule has 2 saturated carbocycles. The molecular formula is C24H44O6. The van der Waals surface area contributed by atoms with Gasteiger partial charge in [0.2, 0.25) is 0 Å². The van der Waals surface area contributed by atoms with Gasteiger partial charge in [-0.15, -0.1) is 0 Å². The van der Waals surface area contributed by atoms with E-state index in [9.17, 15) is 0 Å². The van der Waals surface area contributed by atoms with Gasteiger partial charge in [0.25, 0.3) is 0 Å². The maximum absolute atomic E-state index is 8.82. The van der Waals surface area contributed by atoms with Gasteiger partial charge >= 0.3 is 0 Å². The van der Waals surface area contributed by atoms with Gasteiger partial charge in [0.15, 0.2) is 0 Å². The van der Waals surface area contributed by atoms with Crippen LogP contribution in [0.4, 0.5) is 0 Å². The van der Waals surface area contributed by atoms with E-state index >= 15 is 0 Å². The number of hydrogen-bond donors (Lipinski definition) is 4. The zero-order chi connectivity index (χ0) is 23.0. The first-order valence-corrected chi connectivity index (χ1v) is 10.7. The van der Waals surface area contributed by atoms with Crippen molar-refractivity contribution < 1.29 is 29.9 Å². The maximum Gasteiger partial charge on any atom is 0.0829 e. The van der Waals surface area contributed by atoms with Crippen LogP contribution in [-0.2, 0) is 9.47 Å². The van der Waals surface area contributed by atoms with Crippen LogP contribution < -0.4 is 0 Å². The van der Waals surface area contributed by atoms with Crippen LogP contribution in [0.3, 0.4) is 0 Å². The van der Waals surface area contributed by atoms with Crippen LogP contribution in [0.2, 0.25) is 0 Å². The summed E-state index contributed by atoms with van der Waals surface area (Å²) in [6.45, 7) is 14.2. The molecule has 0 saturated heterocycles. The fourth-order valence-electron chi connectivity index (χ4n) is 3.60. The highest BCUT2D eigenvalue weighted by molar-refractivity contribution is 4.72. The molecule has 176 valence electrons. The monoisotopic (exact) mass is 428 g/mol. The lowest BCUT2D eigenvalue weighted by Gasteiger charge is -2.26. The molecule has 0 aromatic carbocycles. The first kappa shape index (κ1) is 30.6. The highest BCUT2D eigenvalue weighted by Crippen LogP contribution is 2.28. The molecule has 0 aromatic heterocycles. The molecule has 6 heteroatoms. The molecule has 30 heavy (non-hydrogen) atoms. The average Bonchev–Trinajstić information content (AvgIpc) is 2.81. The largest absolute Gasteiger partial charge is 0.474 e. The van der Waals surface area contributed by atoms with Crippen molar-refractivity contribution in [2.24, 2.45) is 23.7 Å². The van der Waals surface area contributed by atoms with Crippen molar-refractivity contribution in [3.05, 3.63) is 51.4 Å². The topological polar surface area (TPSA) is 99.4 Å². The molecule has 0 amide bonds. The molecule has 2 rings (SSSR count). The van der Waals surface area contributed by atoms with Crippen LogP contribution in [0.1, 0.15) is 51.4 Å². The van der Waals surface area contributed by atoms with Gasteiger partial charge in [-0.2, -0.15) is 0 Å². The summed E-state index contributed by atoms with van der Waals surface area (Å²) in [5.41, 5.74) is 0. The Bertz CT molecular complexity index is 343. The van der Waals surface area contributed by atoms with E-state index in [0.717, 1.165) is 38.5 Å². The third kappa shape index (κ3) is 18.4. The summed E-state index contributed by atoms with van der Waals surface area (Å²) in [5.74, 6) is 1.86. The molecule has 0 aliphatic heterocycles. The zero-order valence-electron chi connectivity index (χ0n) is 18.5. The summed E-state index contributed by atoms with van der Waals surface area (Å²) in [7, 11) is 0. The Morgan fingerprint density at radius 1 is 0.533 bits per heavy atom. The molecule has 4 atom stereocenters. The minimum Gasteiger partial charge on any atom is -0.474 e. The molecule has 0 spiro atoms. The number of aliphatic hydroxyl groups is 4. The van der Waals surface area contributed by atoms with E-state index in [-0.39, 0.29) is 0 Å². The minimum atomic E-state index is 0.302. The third-order valence-corrected chi connectivity index (χ3v) is 5.20. The van der Waals surface area contributed by atoms with Crippen molar-refractivity contribution in [1.82, 2.24) is 0 Å². The molecule has 0 bridgehead atoms. The first-order valence-electron chi connectivity index (χ1n) is 10.7. The van der Waals surface area contributed by atoms with Crippen LogP contribution in [0.15, 0.2) is 51.4 Å². The summed E-state index contributed by atoms with van der Waals surface area (Å²) in [6.07, 6.45) is 14.2. The molecule has 2 fully saturated rings. The Kier molecular flexibility index (Phi) is 24.1. The molecule has 4 unspecified atom stereocenters. The van der Waals surface area contributed by atoms with Crippen LogP contribution >= 0.6 is 0 Å². The van der Waals surface area contributed by atoms with E-state index in [4.69, 9.17) is 20.4 Å². The molecule has 0 heterocycles. The van der Waals surface area contributed by atoms with Gasteiger partial charge in [-0.05, 0) is 62.2 Å². The van der Waals surface area contributed by atoms with Crippen LogP contribution in [0.5, 0.6) is 0 Å². The standard InChI is InChI=1S/2C8H16O2.2C4H6O/c2*9-5-7-2-1-3-8(4-7)6-10;2*1-3-5-4-2/h2*7-10H,1-6H2;2*3-4H,1-2H2. The van der Waals surface area contributed by atoms with E-state index in [1.165, 1.54) is 37.9 Å². The summed E-state index contributed by atoms with van der Waals surface area (Å²) in [6, 6.07) is 0. The second kappa shape index (κ2) is 23.7. The zero-order valence-corrected chi connectivity index (χ0v) is 18.5. The molecule has 4 N–H and O–H groups in total. The number of rotatable bonds is 8. The Morgan fingerprint density at radius 3 is 0.900 bits per heavy atom. The Morgan fingerprint density at radius 2 is 0.767 bits per heavy atom. The summed E-state index contributed by atoms with van der Waals surface area (Å²) in [5, 5.41) is 35.3. The molecule has 6 nitrogen and oxygen atoms in total. The molecule has 0 radical (unpaired) electrons. The third-order valence-electron chi connectivity index (χ3n) is 5.20. The highest BCUT2D eigenvalue weighted by Gasteiger charge is 2.20. The Balaban J connectivity index is 0. The highest BCUT2D eigenvalue weighted by atomic mass is 16.5. The normalized spacial score (nSPS) is 24.7. The lowest BCUT2D eigenvalue weighted by Crippen LogP contribution is -2.20. The van der Waals surface area contributed by atoms with Crippen molar-refractivity contribution in [3.63, 3.8) is 0 Å². The molecule has 2 aliphatic carbocycles. The van der Waals surface area contributed by atoms with Gasteiger partial charge < -0.3 is 29.9 Å². The second-order valence-corrected chi connectivity index (χ2v) is 7.47. The SMILES string of the molecule is C=COC=C.C=COC=C.OCC1CCCC(CO)C1.OCC1CCCC(CO)C1. The van der Waals surface area contributed by atoms with Crippen molar-refractivity contribution in [3.8, 4) is 0 Å². The maximum atomic E-state index is 8.82. The minimum absolute atomic E-state index is 0.302. The molecule has 0 aromatic rings. The first-order chi connectivity index (χ1) is 14.6. The van der Waals surface area contributed by atoms with Crippen molar-refractivity contribution in [2.75, 3.05) is 26.4 Å². The fraction of sp³-hybridized carbons (Fsp3) is 0.667. The van der Waals surface area contributed by atoms with Gasteiger partial charge in [0.05, 0.1) is 25.0 Å². The van der Waals surface area contributed by atoms with E-state index < -0.39 is 0 Å². The number of ether oxygens (including phenoxy) is 2. The Hall–Kier alpha value is -1.60. The fourth-order valence-corrected chi connectivity index (χ4v) is 3.60. The predicted molar refractivity (Wildman–Crippen MR) is 122 cm³/mol. The van der Waals surface area contributed by atoms with E-state index in [0.29, 0.717) is 50.1 Å². The van der Waals surface area contributed by atoms with Crippen molar-refractivity contribution in [1.29, 1.82) is 0 Å². The van der Waals surface area contributed by atoms with Crippen molar-refractivity contribution >= 4 is 0 Å². The quantitative estimate of drug-likeness (QED) is 0.434. The van der Waals surface area contributed by atoms with Gasteiger partial charge in [-0.3, -0.25) is 0 Å². The van der Waals surface area contributed by atoms with E-state index in [2.05, 4.69) is 35.8 Å². The summed E-state index contributed by atoms with van der Waals surface area (Å²) in [4.78, 5) is 0. The molecular weight excluding hydrogens is 384 g/mol. The smallest absolute Gasteiger partial charge is 0.0829 e. The van der Waals surface area contributed by atoms with Crippen molar-refractivity contribution in [2.45, 2.75) is 51.4 Å². The summed E-state index contributed by atoms with van der Waals surface area (Å²) >= 11 is 0. The van der Waals surface area contributed by atoms with Crippen LogP contribution in [0, 0.1) is 23.7 Å².